The van der Waals surface area contributed by atoms with Crippen LogP contribution in [-0.2, 0) is 19.6 Å². The molecule has 5 heteroatoms. The van der Waals surface area contributed by atoms with Crippen molar-refractivity contribution in [1.29, 1.82) is 0 Å². The summed E-state index contributed by atoms with van der Waals surface area (Å²) < 4.78 is 16.8. The Labute approximate surface area is 170 Å². The number of hydrogen-bond acceptors (Lipinski definition) is 5. The van der Waals surface area contributed by atoms with Gasteiger partial charge in [0.15, 0.2) is 11.5 Å². The van der Waals surface area contributed by atoms with Gasteiger partial charge in [0.25, 0.3) is 0 Å². The zero-order valence-electron chi connectivity index (χ0n) is 17.2. The van der Waals surface area contributed by atoms with E-state index in [2.05, 4.69) is 29.2 Å². The molecule has 2 aliphatic heterocycles. The summed E-state index contributed by atoms with van der Waals surface area (Å²) in [6.07, 6.45) is 3.58. The summed E-state index contributed by atoms with van der Waals surface area (Å²) >= 11 is 0. The third-order valence-corrected chi connectivity index (χ3v) is 6.72. The molecular formula is C24H27NO4. The van der Waals surface area contributed by atoms with Crippen molar-refractivity contribution < 1.29 is 19.3 Å². The van der Waals surface area contributed by atoms with Crippen LogP contribution in [0.3, 0.4) is 0 Å². The summed E-state index contributed by atoms with van der Waals surface area (Å²) in [6.45, 7) is 2.08. The SMILES string of the molecule is COc1cc2c3c(c4cc(OC)c(OC)cc4c2cc1CO)CN1CCCC1C3. The van der Waals surface area contributed by atoms with Gasteiger partial charge in [0, 0.05) is 18.2 Å². The summed E-state index contributed by atoms with van der Waals surface area (Å²) in [4.78, 5) is 2.61. The summed E-state index contributed by atoms with van der Waals surface area (Å²) in [7, 11) is 5.02. The van der Waals surface area contributed by atoms with Crippen LogP contribution in [0.1, 0.15) is 29.5 Å². The topological polar surface area (TPSA) is 51.2 Å². The highest BCUT2D eigenvalue weighted by Gasteiger charge is 2.32. The molecule has 0 radical (unpaired) electrons. The van der Waals surface area contributed by atoms with Gasteiger partial charge in [-0.1, -0.05) is 0 Å². The minimum atomic E-state index is -0.0542. The fourth-order valence-corrected chi connectivity index (χ4v) is 5.27. The van der Waals surface area contributed by atoms with Gasteiger partial charge in [-0.15, -0.1) is 0 Å². The molecule has 5 nitrogen and oxygen atoms in total. The first-order valence-corrected chi connectivity index (χ1v) is 10.2. The van der Waals surface area contributed by atoms with E-state index in [0.717, 1.165) is 46.6 Å². The Morgan fingerprint density at radius 1 is 0.862 bits per heavy atom. The Hall–Kier alpha value is -2.50. The highest BCUT2D eigenvalue weighted by atomic mass is 16.5. The molecule has 1 unspecified atom stereocenters. The smallest absolute Gasteiger partial charge is 0.161 e. The van der Waals surface area contributed by atoms with E-state index in [1.807, 2.05) is 0 Å². The summed E-state index contributed by atoms with van der Waals surface area (Å²) in [5, 5.41) is 14.6. The first-order valence-electron chi connectivity index (χ1n) is 10.2. The molecule has 1 fully saturated rings. The second kappa shape index (κ2) is 7.08. The normalized spacial score (nSPS) is 18.7. The molecule has 152 valence electrons. The predicted molar refractivity (Wildman–Crippen MR) is 114 cm³/mol. The van der Waals surface area contributed by atoms with Crippen molar-refractivity contribution in [2.45, 2.75) is 38.5 Å². The number of hydrogen-bond donors (Lipinski definition) is 1. The van der Waals surface area contributed by atoms with Crippen molar-refractivity contribution in [3.05, 3.63) is 41.0 Å². The number of rotatable bonds is 4. The molecule has 3 aromatic carbocycles. The molecule has 3 aromatic rings. The third-order valence-electron chi connectivity index (χ3n) is 6.72. The first-order chi connectivity index (χ1) is 14.2. The van der Waals surface area contributed by atoms with E-state index in [1.165, 1.54) is 41.3 Å². The molecule has 2 aliphatic rings. The highest BCUT2D eigenvalue weighted by Crippen LogP contribution is 2.44. The lowest BCUT2D eigenvalue weighted by atomic mass is 9.84. The lowest BCUT2D eigenvalue weighted by Gasteiger charge is -2.33. The van der Waals surface area contributed by atoms with Crippen LogP contribution < -0.4 is 14.2 Å². The Bertz CT molecular complexity index is 1020. The van der Waals surface area contributed by atoms with Gasteiger partial charge >= 0.3 is 0 Å². The minimum Gasteiger partial charge on any atom is -0.496 e. The van der Waals surface area contributed by atoms with Crippen LogP contribution in [0, 0.1) is 0 Å². The average Bonchev–Trinajstić information content (AvgIpc) is 3.23. The lowest BCUT2D eigenvalue weighted by molar-refractivity contribution is 0.229. The van der Waals surface area contributed by atoms with Crippen LogP contribution in [0.2, 0.25) is 0 Å². The van der Waals surface area contributed by atoms with Crippen LogP contribution in [0.4, 0.5) is 0 Å². The monoisotopic (exact) mass is 393 g/mol. The Balaban J connectivity index is 1.90. The molecule has 1 saturated heterocycles. The standard InChI is InChI=1S/C24H27NO4/c1-27-22-9-18-16(7-14(22)13-26)19-10-23(28-2)24(29-3)11-20(19)21-12-25-6-4-5-15(25)8-17(18)21/h7,9-11,15,26H,4-6,8,12-13H2,1-3H3. The number of nitrogens with zero attached hydrogens (tertiary/aromatic N) is 1. The number of aliphatic hydroxyl groups excluding tert-OH is 1. The molecule has 0 saturated carbocycles. The first kappa shape index (κ1) is 18.5. The fraction of sp³-hybridized carbons (Fsp3) is 0.417. The van der Waals surface area contributed by atoms with Gasteiger partial charge in [0.1, 0.15) is 5.75 Å². The molecule has 0 aromatic heterocycles. The van der Waals surface area contributed by atoms with Crippen molar-refractivity contribution in [1.82, 2.24) is 4.90 Å². The van der Waals surface area contributed by atoms with E-state index in [4.69, 9.17) is 14.2 Å². The van der Waals surface area contributed by atoms with Crippen molar-refractivity contribution in [3.63, 3.8) is 0 Å². The minimum absolute atomic E-state index is 0.0542. The predicted octanol–water partition coefficient (Wildman–Crippen LogP) is 4.03. The fourth-order valence-electron chi connectivity index (χ4n) is 5.27. The molecule has 1 atom stereocenters. The van der Waals surface area contributed by atoms with E-state index < -0.39 is 0 Å². The Morgan fingerprint density at radius 2 is 1.48 bits per heavy atom. The van der Waals surface area contributed by atoms with Crippen molar-refractivity contribution in [2.24, 2.45) is 0 Å². The van der Waals surface area contributed by atoms with Gasteiger partial charge in [0.05, 0.1) is 27.9 Å². The summed E-state index contributed by atoms with van der Waals surface area (Å²) in [5.74, 6) is 2.22. The van der Waals surface area contributed by atoms with Gasteiger partial charge in [-0.25, -0.2) is 0 Å². The second-order valence-corrected chi connectivity index (χ2v) is 8.05. The van der Waals surface area contributed by atoms with Gasteiger partial charge in [-0.3, -0.25) is 4.90 Å². The van der Waals surface area contributed by atoms with E-state index in [0.29, 0.717) is 6.04 Å². The van der Waals surface area contributed by atoms with Crippen LogP contribution >= 0.6 is 0 Å². The van der Waals surface area contributed by atoms with Gasteiger partial charge in [-0.05, 0) is 82.7 Å². The molecule has 0 aliphatic carbocycles. The molecule has 29 heavy (non-hydrogen) atoms. The van der Waals surface area contributed by atoms with Crippen molar-refractivity contribution >= 4 is 21.5 Å². The molecule has 0 amide bonds. The number of aliphatic hydroxyl groups is 1. The van der Waals surface area contributed by atoms with Crippen LogP contribution in [0.15, 0.2) is 24.3 Å². The number of methoxy groups -OCH3 is 3. The quantitative estimate of drug-likeness (QED) is 0.678. The number of ether oxygens (including phenoxy) is 3. The van der Waals surface area contributed by atoms with Crippen molar-refractivity contribution in [2.75, 3.05) is 27.9 Å². The Morgan fingerprint density at radius 3 is 2.17 bits per heavy atom. The van der Waals surface area contributed by atoms with E-state index in [1.54, 1.807) is 21.3 Å². The van der Waals surface area contributed by atoms with Gasteiger partial charge < -0.3 is 19.3 Å². The molecule has 5 rings (SSSR count). The van der Waals surface area contributed by atoms with Gasteiger partial charge in [-0.2, -0.15) is 0 Å². The average molecular weight is 393 g/mol. The van der Waals surface area contributed by atoms with E-state index >= 15 is 0 Å². The van der Waals surface area contributed by atoms with E-state index in [-0.39, 0.29) is 6.61 Å². The Kier molecular flexibility index (Phi) is 4.52. The second-order valence-electron chi connectivity index (χ2n) is 8.05. The van der Waals surface area contributed by atoms with Crippen LogP contribution in [-0.4, -0.2) is 43.9 Å². The molecular weight excluding hydrogens is 366 g/mol. The maximum Gasteiger partial charge on any atom is 0.161 e. The zero-order chi connectivity index (χ0) is 20.1. The van der Waals surface area contributed by atoms with E-state index in [9.17, 15) is 5.11 Å². The summed E-state index contributed by atoms with van der Waals surface area (Å²) in [5.41, 5.74) is 3.59. The van der Waals surface area contributed by atoms with Gasteiger partial charge in [0.2, 0.25) is 0 Å². The lowest BCUT2D eigenvalue weighted by Crippen LogP contribution is -2.35. The number of benzene rings is 3. The van der Waals surface area contributed by atoms with Crippen LogP contribution in [0.5, 0.6) is 17.2 Å². The zero-order valence-corrected chi connectivity index (χ0v) is 17.2. The highest BCUT2D eigenvalue weighted by molar-refractivity contribution is 6.12. The maximum absolute atomic E-state index is 9.89. The molecule has 0 bridgehead atoms. The van der Waals surface area contributed by atoms with Crippen molar-refractivity contribution in [3.8, 4) is 17.2 Å². The molecule has 1 N–H and O–H groups in total. The van der Waals surface area contributed by atoms with Crippen LogP contribution in [0.25, 0.3) is 21.5 Å². The maximum atomic E-state index is 9.89. The largest absolute Gasteiger partial charge is 0.496 e. The molecule has 2 heterocycles. The molecule has 0 spiro atoms. The number of fused-ring (bicyclic) bond motifs is 7. The summed E-state index contributed by atoms with van der Waals surface area (Å²) in [6, 6.07) is 8.99. The third kappa shape index (κ3) is 2.75.